The number of ether oxygens (including phenoxy) is 2. The number of carbonyl (C=O) groups excluding carboxylic acids is 1. The van der Waals surface area contributed by atoms with E-state index in [-0.39, 0.29) is 24.3 Å². The van der Waals surface area contributed by atoms with Crippen LogP contribution in [0.1, 0.15) is 16.5 Å². The number of fused-ring (bicyclic) bond motifs is 1. The highest BCUT2D eigenvalue weighted by Gasteiger charge is 2.29. The number of hydrogen-bond donors (Lipinski definition) is 1. The second-order valence-electron chi connectivity index (χ2n) is 6.56. The molecule has 1 aromatic carbocycles. The zero-order valence-corrected chi connectivity index (χ0v) is 17.0. The highest BCUT2D eigenvalue weighted by atomic mass is 32.2. The van der Waals surface area contributed by atoms with Gasteiger partial charge in [-0.2, -0.15) is 0 Å². The molecule has 0 saturated heterocycles. The number of pyridine rings is 1. The molecule has 31 heavy (non-hydrogen) atoms. The molecule has 2 unspecified atom stereocenters. The number of nitrogens with one attached hydrogen (secondary N) is 1. The molecule has 0 saturated carbocycles. The van der Waals surface area contributed by atoms with Crippen LogP contribution in [-0.4, -0.2) is 33.7 Å². The predicted molar refractivity (Wildman–Crippen MR) is 112 cm³/mol. The summed E-state index contributed by atoms with van der Waals surface area (Å²) in [7, 11) is 0. The molecule has 2 aliphatic rings. The summed E-state index contributed by atoms with van der Waals surface area (Å²) in [5.41, 5.74) is 3.57. The molecule has 0 fully saturated rings. The molecule has 2 amide bonds. The normalized spacial score (nSPS) is 17.4. The van der Waals surface area contributed by atoms with Gasteiger partial charge >= 0.3 is 6.03 Å². The molecule has 4 rings (SSSR count). The first-order chi connectivity index (χ1) is 15.1. The topological polar surface area (TPSA) is 116 Å². The number of nitro benzene ring substituents is 1. The highest BCUT2D eigenvalue weighted by molar-refractivity contribution is 8.02. The van der Waals surface area contributed by atoms with Gasteiger partial charge in [-0.1, -0.05) is 6.08 Å². The molecule has 11 heteroatoms. The van der Waals surface area contributed by atoms with Crippen LogP contribution in [0.5, 0.6) is 11.5 Å². The van der Waals surface area contributed by atoms with Crippen LogP contribution in [0.25, 0.3) is 0 Å². The summed E-state index contributed by atoms with van der Waals surface area (Å²) in [6.07, 6.45) is 5.83. The minimum atomic E-state index is -0.707. The lowest BCUT2D eigenvalue weighted by Gasteiger charge is -2.24. The van der Waals surface area contributed by atoms with Crippen molar-refractivity contribution < 1.29 is 24.0 Å². The first-order valence-electron chi connectivity index (χ1n) is 9.22. The van der Waals surface area contributed by atoms with Gasteiger partial charge < -0.3 is 9.47 Å². The third-order valence-electron chi connectivity index (χ3n) is 4.66. The average Bonchev–Trinajstić information content (AvgIpc) is 3.45. The number of nitro groups is 1. The standard InChI is InChI=1S/C20H18N4O6S/c1-2-15(9-14-10-17-18(29-12-28-17)11-16(14)24(26)27)30-22-20(25)23-7-8-31-19(23)13-3-5-21-6-4-13/h2-8,10-11,15,19H,1,9,12H2,(H,22,25). The fourth-order valence-electron chi connectivity index (χ4n) is 3.14. The zero-order chi connectivity index (χ0) is 21.8. The Kier molecular flexibility index (Phi) is 6.05. The van der Waals surface area contributed by atoms with Crippen LogP contribution in [0.4, 0.5) is 10.5 Å². The number of nitrogens with zero attached hydrogens (tertiary/aromatic N) is 3. The smallest absolute Gasteiger partial charge is 0.346 e. The lowest BCUT2D eigenvalue weighted by molar-refractivity contribution is -0.385. The number of aromatic nitrogens is 1. The van der Waals surface area contributed by atoms with Gasteiger partial charge in [0.05, 0.1) is 11.0 Å². The number of hydrogen-bond acceptors (Lipinski definition) is 8. The Morgan fingerprint density at radius 3 is 2.87 bits per heavy atom. The van der Waals surface area contributed by atoms with Gasteiger partial charge in [-0.05, 0) is 29.2 Å². The maximum absolute atomic E-state index is 12.7. The SMILES string of the molecule is C=CC(Cc1cc2c(cc1[N+](=O)[O-])OCO2)ONC(=O)N1C=CSC1c1ccncc1. The lowest BCUT2D eigenvalue weighted by atomic mass is 10.0. The van der Waals surface area contributed by atoms with E-state index in [1.54, 1.807) is 24.7 Å². The highest BCUT2D eigenvalue weighted by Crippen LogP contribution is 2.39. The maximum atomic E-state index is 12.7. The van der Waals surface area contributed by atoms with Crippen molar-refractivity contribution in [2.45, 2.75) is 17.9 Å². The van der Waals surface area contributed by atoms with Crippen LogP contribution in [0.2, 0.25) is 0 Å². The van der Waals surface area contributed by atoms with Crippen molar-refractivity contribution in [3.8, 4) is 11.5 Å². The molecule has 0 spiro atoms. The van der Waals surface area contributed by atoms with Crippen LogP contribution >= 0.6 is 11.8 Å². The minimum absolute atomic E-state index is 0.00733. The van der Waals surface area contributed by atoms with Crippen LogP contribution in [-0.2, 0) is 11.3 Å². The van der Waals surface area contributed by atoms with Gasteiger partial charge in [0.15, 0.2) is 11.5 Å². The Morgan fingerprint density at radius 1 is 1.42 bits per heavy atom. The van der Waals surface area contributed by atoms with E-state index in [2.05, 4.69) is 17.0 Å². The number of hydroxylamine groups is 1. The molecule has 2 aromatic rings. The van der Waals surface area contributed by atoms with Crippen molar-refractivity contribution in [1.29, 1.82) is 0 Å². The van der Waals surface area contributed by atoms with Gasteiger partial charge in [-0.3, -0.25) is 24.8 Å². The number of rotatable bonds is 7. The van der Waals surface area contributed by atoms with Crippen molar-refractivity contribution in [3.63, 3.8) is 0 Å². The molecule has 2 atom stereocenters. The van der Waals surface area contributed by atoms with Crippen molar-refractivity contribution >= 4 is 23.5 Å². The van der Waals surface area contributed by atoms with Crippen LogP contribution in [0.15, 0.2) is 60.9 Å². The number of urea groups is 1. The van der Waals surface area contributed by atoms with Gasteiger partial charge in [0, 0.05) is 30.6 Å². The molecule has 2 aliphatic heterocycles. The summed E-state index contributed by atoms with van der Waals surface area (Å²) >= 11 is 1.47. The Labute approximate surface area is 181 Å². The second-order valence-corrected chi connectivity index (χ2v) is 7.55. The van der Waals surface area contributed by atoms with Gasteiger partial charge in [0.25, 0.3) is 5.69 Å². The Bertz CT molecular complexity index is 1030. The molecule has 1 N–H and O–H groups in total. The van der Waals surface area contributed by atoms with E-state index < -0.39 is 17.1 Å². The van der Waals surface area contributed by atoms with Crippen LogP contribution in [0, 0.1) is 10.1 Å². The van der Waals surface area contributed by atoms with Crippen molar-refractivity contribution in [3.05, 3.63) is 82.2 Å². The van der Waals surface area contributed by atoms with E-state index in [0.29, 0.717) is 17.1 Å². The Balaban J connectivity index is 1.42. The van der Waals surface area contributed by atoms with E-state index in [9.17, 15) is 14.9 Å². The molecule has 1 aromatic heterocycles. The van der Waals surface area contributed by atoms with E-state index in [1.165, 1.54) is 28.8 Å². The van der Waals surface area contributed by atoms with Gasteiger partial charge in [-0.15, -0.1) is 18.3 Å². The van der Waals surface area contributed by atoms with Gasteiger partial charge in [-0.25, -0.2) is 10.3 Å². The van der Waals surface area contributed by atoms with E-state index in [4.69, 9.17) is 14.3 Å². The number of carbonyl (C=O) groups is 1. The first kappa shape index (κ1) is 20.7. The number of amides is 2. The summed E-state index contributed by atoms with van der Waals surface area (Å²) in [6, 6.07) is 6.05. The van der Waals surface area contributed by atoms with Crippen molar-refractivity contribution in [2.75, 3.05) is 6.79 Å². The molecule has 160 valence electrons. The Morgan fingerprint density at radius 2 is 2.16 bits per heavy atom. The quantitative estimate of drug-likeness (QED) is 0.392. The molecular formula is C20H18N4O6S. The summed E-state index contributed by atoms with van der Waals surface area (Å²) in [5.74, 6) is 0.743. The minimum Gasteiger partial charge on any atom is -0.454 e. The zero-order valence-electron chi connectivity index (χ0n) is 16.2. The van der Waals surface area contributed by atoms with Crippen LogP contribution in [0.3, 0.4) is 0 Å². The monoisotopic (exact) mass is 442 g/mol. The first-order valence-corrected chi connectivity index (χ1v) is 10.2. The second kappa shape index (κ2) is 9.06. The summed E-state index contributed by atoms with van der Waals surface area (Å²) < 4.78 is 10.5. The largest absolute Gasteiger partial charge is 0.454 e. The van der Waals surface area contributed by atoms with E-state index in [0.717, 1.165) is 5.56 Å². The van der Waals surface area contributed by atoms with Crippen molar-refractivity contribution in [2.24, 2.45) is 0 Å². The molecule has 3 heterocycles. The molecule has 0 radical (unpaired) electrons. The van der Waals surface area contributed by atoms with E-state index >= 15 is 0 Å². The molecule has 10 nitrogen and oxygen atoms in total. The number of thioether (sulfide) groups is 1. The maximum Gasteiger partial charge on any atom is 0.346 e. The molecule has 0 bridgehead atoms. The lowest BCUT2D eigenvalue weighted by Crippen LogP contribution is -2.39. The third-order valence-corrected chi connectivity index (χ3v) is 5.70. The fraction of sp³-hybridized carbons (Fsp3) is 0.200. The fourth-order valence-corrected chi connectivity index (χ4v) is 4.10. The average molecular weight is 442 g/mol. The van der Waals surface area contributed by atoms with Crippen LogP contribution < -0.4 is 15.0 Å². The number of benzene rings is 1. The third kappa shape index (κ3) is 4.47. The Hall–Kier alpha value is -3.57. The molecular weight excluding hydrogens is 424 g/mol. The van der Waals surface area contributed by atoms with E-state index in [1.807, 2.05) is 17.5 Å². The predicted octanol–water partition coefficient (Wildman–Crippen LogP) is 3.68. The van der Waals surface area contributed by atoms with Gasteiger partial charge in [0.2, 0.25) is 6.79 Å². The van der Waals surface area contributed by atoms with Crippen molar-refractivity contribution in [1.82, 2.24) is 15.4 Å². The molecule has 0 aliphatic carbocycles. The summed E-state index contributed by atoms with van der Waals surface area (Å²) in [4.78, 5) is 34.6. The summed E-state index contributed by atoms with van der Waals surface area (Å²) in [5, 5.41) is 13.0. The van der Waals surface area contributed by atoms with Gasteiger partial charge in [0.1, 0.15) is 11.5 Å². The summed E-state index contributed by atoms with van der Waals surface area (Å²) in [6.45, 7) is 3.71.